The summed E-state index contributed by atoms with van der Waals surface area (Å²) >= 11 is 0. The van der Waals surface area contributed by atoms with Gasteiger partial charge in [-0.25, -0.2) is 0 Å². The third kappa shape index (κ3) is 3.37. The zero-order valence-electron chi connectivity index (χ0n) is 20.4. The highest BCUT2D eigenvalue weighted by molar-refractivity contribution is 6.27. The van der Waals surface area contributed by atoms with Crippen LogP contribution in [0.3, 0.4) is 0 Å². The molecule has 0 saturated carbocycles. The van der Waals surface area contributed by atoms with Gasteiger partial charge in [-0.05, 0) is 54.2 Å². The molecule has 3 N–H and O–H groups in total. The third-order valence-corrected chi connectivity index (χ3v) is 7.58. The number of aromatic nitrogens is 2. The Balaban J connectivity index is 1.67. The number of hydrogen-bond acceptors (Lipinski definition) is 3. The lowest BCUT2D eigenvalue weighted by atomic mass is 9.95. The van der Waals surface area contributed by atoms with Crippen LogP contribution in [0.1, 0.15) is 55.9 Å². The van der Waals surface area contributed by atoms with Crippen molar-refractivity contribution in [2.45, 2.75) is 52.2 Å². The number of hydrogen-bond donors (Lipinski definition) is 3. The zero-order valence-corrected chi connectivity index (χ0v) is 20.4. The van der Waals surface area contributed by atoms with Gasteiger partial charge in [-0.2, -0.15) is 0 Å². The van der Waals surface area contributed by atoms with Crippen LogP contribution in [-0.4, -0.2) is 33.0 Å². The van der Waals surface area contributed by atoms with Crippen LogP contribution in [0.2, 0.25) is 0 Å². The van der Waals surface area contributed by atoms with Crippen molar-refractivity contribution >= 4 is 32.6 Å². The number of aromatic hydroxyl groups is 1. The van der Waals surface area contributed by atoms with Crippen LogP contribution in [0, 0.1) is 0 Å². The molecule has 0 aliphatic heterocycles. The van der Waals surface area contributed by atoms with E-state index in [2.05, 4.69) is 65.9 Å². The largest absolute Gasteiger partial charge is 0.494 e. The molecule has 1 aliphatic rings. The Bertz CT molecular complexity index is 1560. The third-order valence-electron chi connectivity index (χ3n) is 7.58. The number of aromatic amines is 1. The number of rotatable bonds is 8. The minimum atomic E-state index is 0.00981. The maximum Gasteiger partial charge on any atom is 0.197 e. The Morgan fingerprint density at radius 3 is 2.77 bits per heavy atom. The molecule has 5 nitrogen and oxygen atoms in total. The number of aliphatic hydroxyl groups excluding tert-OH is 1. The van der Waals surface area contributed by atoms with E-state index in [0.29, 0.717) is 6.42 Å². The molecule has 0 saturated heterocycles. The van der Waals surface area contributed by atoms with Gasteiger partial charge >= 0.3 is 0 Å². The highest BCUT2D eigenvalue weighted by Crippen LogP contribution is 2.50. The van der Waals surface area contributed by atoms with Gasteiger partial charge in [0.2, 0.25) is 0 Å². The maximum atomic E-state index is 10.9. The molecule has 0 amide bonds. The van der Waals surface area contributed by atoms with Crippen LogP contribution < -0.4 is 0 Å². The summed E-state index contributed by atoms with van der Waals surface area (Å²) in [7, 11) is 0. The van der Waals surface area contributed by atoms with Gasteiger partial charge in [0, 0.05) is 59.6 Å². The van der Waals surface area contributed by atoms with Crippen LogP contribution in [-0.2, 0) is 17.7 Å². The number of ether oxygens (including phenoxy) is 1. The smallest absolute Gasteiger partial charge is 0.197 e. The molecule has 1 unspecified atom stereocenters. The Hall–Kier alpha value is -3.28. The predicted molar refractivity (Wildman–Crippen MR) is 142 cm³/mol. The van der Waals surface area contributed by atoms with Crippen LogP contribution in [0.25, 0.3) is 43.7 Å². The van der Waals surface area contributed by atoms with Crippen molar-refractivity contribution in [1.82, 2.24) is 9.55 Å². The van der Waals surface area contributed by atoms with E-state index in [-0.39, 0.29) is 18.6 Å². The second-order valence-electron chi connectivity index (χ2n) is 9.71. The Morgan fingerprint density at radius 2 is 1.94 bits per heavy atom. The molecule has 2 heterocycles. The lowest BCUT2D eigenvalue weighted by molar-refractivity contribution is 0.0638. The monoisotopic (exact) mass is 468 g/mol. The first kappa shape index (κ1) is 22.2. The number of benzene rings is 3. The van der Waals surface area contributed by atoms with Crippen molar-refractivity contribution in [1.29, 1.82) is 0 Å². The van der Waals surface area contributed by atoms with Crippen LogP contribution in [0.15, 0.2) is 48.7 Å². The lowest BCUT2D eigenvalue weighted by Gasteiger charge is -2.14. The first-order chi connectivity index (χ1) is 17.1. The summed E-state index contributed by atoms with van der Waals surface area (Å²) in [5.74, 6) is 0.221. The molecule has 0 fully saturated rings. The highest BCUT2D eigenvalue weighted by Gasteiger charge is 2.29. The van der Waals surface area contributed by atoms with E-state index >= 15 is 0 Å². The zero-order chi connectivity index (χ0) is 24.1. The second-order valence-corrected chi connectivity index (χ2v) is 9.71. The number of nitrogens with zero attached hydrogens (tertiary/aromatic N) is 1. The van der Waals surface area contributed by atoms with Gasteiger partial charge < -0.3 is 24.5 Å². The van der Waals surface area contributed by atoms with Crippen molar-refractivity contribution in [3.63, 3.8) is 0 Å². The fraction of sp³-hybridized carbons (Fsp3) is 0.333. The average Bonchev–Trinajstić information content (AvgIpc) is 3.53. The average molecular weight is 469 g/mol. The standard InChI is InChI=1S/C30H32N2O3/c1-3-4-14-35-18(2)19-10-11-25-22(15-19)27-24-17-31-30(34)28(24)26-21-9-6-5-8-20(21)16-23(26)29(27)32(25)12-7-13-33/h5-6,8-11,15,17-18,31,33-34H,3-4,7,12-14,16H2,1-2H3. The molecular weight excluding hydrogens is 436 g/mol. The quantitative estimate of drug-likeness (QED) is 0.215. The van der Waals surface area contributed by atoms with Gasteiger partial charge in [-0.1, -0.05) is 43.7 Å². The van der Waals surface area contributed by atoms with Gasteiger partial charge in [0.05, 0.1) is 17.0 Å². The number of unbranched alkanes of at least 4 members (excludes halogenated alkanes) is 1. The van der Waals surface area contributed by atoms with Gasteiger partial charge in [0.15, 0.2) is 5.88 Å². The van der Waals surface area contributed by atoms with Crippen molar-refractivity contribution < 1.29 is 14.9 Å². The highest BCUT2D eigenvalue weighted by atomic mass is 16.5. The normalized spacial score (nSPS) is 13.7. The minimum absolute atomic E-state index is 0.00981. The summed E-state index contributed by atoms with van der Waals surface area (Å²) in [6.45, 7) is 5.94. The van der Waals surface area contributed by atoms with Crippen LogP contribution in [0.4, 0.5) is 0 Å². The van der Waals surface area contributed by atoms with Gasteiger partial charge in [-0.15, -0.1) is 0 Å². The molecular formula is C30H32N2O3. The molecule has 5 heteroatoms. The van der Waals surface area contributed by atoms with E-state index in [4.69, 9.17) is 4.74 Å². The number of aryl methyl sites for hydroxylation is 1. The van der Waals surface area contributed by atoms with E-state index in [1.54, 1.807) is 0 Å². The molecule has 180 valence electrons. The van der Waals surface area contributed by atoms with Gasteiger partial charge in [0.1, 0.15) is 0 Å². The second kappa shape index (κ2) is 8.74. The van der Waals surface area contributed by atoms with E-state index in [1.807, 2.05) is 6.20 Å². The van der Waals surface area contributed by atoms with Gasteiger partial charge in [0.25, 0.3) is 0 Å². The summed E-state index contributed by atoms with van der Waals surface area (Å²) < 4.78 is 8.50. The van der Waals surface area contributed by atoms with Crippen LogP contribution >= 0.6 is 0 Å². The fourth-order valence-electron chi connectivity index (χ4n) is 5.88. The van der Waals surface area contributed by atoms with Crippen molar-refractivity contribution in [2.24, 2.45) is 0 Å². The first-order valence-corrected chi connectivity index (χ1v) is 12.8. The number of fused-ring (bicyclic) bond motifs is 10. The molecule has 2 aromatic heterocycles. The van der Waals surface area contributed by atoms with Crippen molar-refractivity contribution in [3.05, 3.63) is 65.4 Å². The summed E-state index contributed by atoms with van der Waals surface area (Å²) in [6, 6.07) is 15.1. The van der Waals surface area contributed by atoms with E-state index in [1.165, 1.54) is 33.0 Å². The fourth-order valence-corrected chi connectivity index (χ4v) is 5.88. The molecule has 6 rings (SSSR count). The SMILES string of the molecule is CCCCOC(C)c1ccc2c(c1)c1c3c[nH]c(O)c3c3c(c1n2CCCO)Cc1ccccc1-3. The molecule has 3 aromatic carbocycles. The molecule has 1 atom stereocenters. The van der Waals surface area contributed by atoms with E-state index < -0.39 is 0 Å². The lowest BCUT2D eigenvalue weighted by Crippen LogP contribution is -2.03. The Morgan fingerprint density at radius 1 is 1.09 bits per heavy atom. The molecule has 5 aromatic rings. The molecule has 0 spiro atoms. The van der Waals surface area contributed by atoms with Crippen molar-refractivity contribution in [2.75, 3.05) is 13.2 Å². The van der Waals surface area contributed by atoms with Gasteiger partial charge in [-0.3, -0.25) is 0 Å². The van der Waals surface area contributed by atoms with E-state index in [9.17, 15) is 10.2 Å². The molecule has 1 aliphatic carbocycles. The minimum Gasteiger partial charge on any atom is -0.494 e. The molecule has 0 radical (unpaired) electrons. The van der Waals surface area contributed by atoms with Crippen molar-refractivity contribution in [3.8, 4) is 17.0 Å². The number of aliphatic hydroxyl groups is 1. The maximum absolute atomic E-state index is 10.9. The topological polar surface area (TPSA) is 70.4 Å². The summed E-state index contributed by atoms with van der Waals surface area (Å²) in [6.07, 6.45) is 5.65. The summed E-state index contributed by atoms with van der Waals surface area (Å²) in [5, 5.41) is 24.9. The molecule has 0 bridgehead atoms. The first-order valence-electron chi connectivity index (χ1n) is 12.8. The Kier molecular flexibility index (Phi) is 5.54. The number of nitrogens with one attached hydrogen (secondary N) is 1. The van der Waals surface area contributed by atoms with E-state index in [0.717, 1.165) is 59.8 Å². The molecule has 35 heavy (non-hydrogen) atoms. The predicted octanol–water partition coefficient (Wildman–Crippen LogP) is 6.81. The summed E-state index contributed by atoms with van der Waals surface area (Å²) in [4.78, 5) is 3.10. The number of H-pyrrole nitrogens is 1. The van der Waals surface area contributed by atoms with Crippen LogP contribution in [0.5, 0.6) is 5.88 Å². The Labute approximate surface area is 205 Å². The summed E-state index contributed by atoms with van der Waals surface area (Å²) in [5.41, 5.74) is 8.40.